The molecule has 9 nitrogen and oxygen atoms in total. The number of methoxy groups -OCH3 is 1. The number of thiophene rings is 1. The Morgan fingerprint density at radius 1 is 1.21 bits per heavy atom. The zero-order valence-corrected chi connectivity index (χ0v) is 20.8. The molecule has 0 unspecified atom stereocenters. The smallest absolute Gasteiger partial charge is 0.267 e. The topological polar surface area (TPSA) is 112 Å². The van der Waals surface area contributed by atoms with E-state index in [1.165, 1.54) is 11.8 Å². The number of ether oxygens (including phenoxy) is 1. The summed E-state index contributed by atoms with van der Waals surface area (Å²) in [5.74, 6) is 2.18. The van der Waals surface area contributed by atoms with Crippen molar-refractivity contribution in [3.8, 4) is 11.4 Å². The van der Waals surface area contributed by atoms with Crippen LogP contribution in [0.25, 0.3) is 15.9 Å². The molecule has 33 heavy (non-hydrogen) atoms. The van der Waals surface area contributed by atoms with Gasteiger partial charge in [0.1, 0.15) is 16.4 Å². The van der Waals surface area contributed by atoms with Crippen LogP contribution in [-0.4, -0.2) is 45.7 Å². The third-order valence-electron chi connectivity index (χ3n) is 5.08. The summed E-state index contributed by atoms with van der Waals surface area (Å²) in [6.45, 7) is 4.07. The molecule has 172 valence electrons. The monoisotopic (exact) mass is 483 g/mol. The minimum absolute atomic E-state index is 0.103. The number of hydrogen-bond acceptors (Lipinski definition) is 10. The first-order valence-electron chi connectivity index (χ1n) is 10.3. The predicted molar refractivity (Wildman–Crippen MR) is 134 cm³/mol. The van der Waals surface area contributed by atoms with E-state index < -0.39 is 0 Å². The van der Waals surface area contributed by atoms with E-state index in [4.69, 9.17) is 15.5 Å². The van der Waals surface area contributed by atoms with Crippen LogP contribution in [0.3, 0.4) is 0 Å². The number of anilines is 2. The van der Waals surface area contributed by atoms with Crippen molar-refractivity contribution < 1.29 is 4.74 Å². The molecular formula is C22H25N7O2S2. The van der Waals surface area contributed by atoms with Gasteiger partial charge in [-0.05, 0) is 31.0 Å². The Labute approximate surface area is 199 Å². The second-order valence-corrected chi connectivity index (χ2v) is 9.54. The van der Waals surface area contributed by atoms with Gasteiger partial charge in [0, 0.05) is 25.0 Å². The summed E-state index contributed by atoms with van der Waals surface area (Å²) in [4.78, 5) is 35.1. The summed E-state index contributed by atoms with van der Waals surface area (Å²) in [6.07, 6.45) is 0.853. The van der Waals surface area contributed by atoms with Gasteiger partial charge in [0.2, 0.25) is 11.9 Å². The van der Waals surface area contributed by atoms with Crippen LogP contribution in [0.4, 0.5) is 11.9 Å². The fraction of sp³-hybridized carbons (Fsp3) is 0.318. The molecule has 0 bridgehead atoms. The molecular weight excluding hydrogens is 458 g/mol. The molecule has 0 spiro atoms. The van der Waals surface area contributed by atoms with Crippen molar-refractivity contribution in [3.05, 3.63) is 50.9 Å². The molecule has 0 aliphatic rings. The Kier molecular flexibility index (Phi) is 6.52. The van der Waals surface area contributed by atoms with Crippen LogP contribution >= 0.6 is 23.1 Å². The number of thioether (sulfide) groups is 1. The normalized spacial score (nSPS) is 11.2. The number of hydrogen-bond donors (Lipinski definition) is 1. The SMILES string of the molecule is CCc1sc2nc(SCc3nc(N)nc(N(C)C)n3)n(-c3cccc(OC)c3)c(=O)c2c1C. The second kappa shape index (κ2) is 9.36. The first kappa shape index (κ1) is 23.0. The Morgan fingerprint density at radius 2 is 2.00 bits per heavy atom. The van der Waals surface area contributed by atoms with Gasteiger partial charge < -0.3 is 15.4 Å². The molecule has 2 N–H and O–H groups in total. The molecule has 3 aromatic heterocycles. The maximum absolute atomic E-state index is 13.7. The fourth-order valence-electron chi connectivity index (χ4n) is 3.44. The molecule has 0 aliphatic carbocycles. The third kappa shape index (κ3) is 4.51. The van der Waals surface area contributed by atoms with Crippen LogP contribution in [0, 0.1) is 6.92 Å². The highest BCUT2D eigenvalue weighted by Crippen LogP contribution is 2.31. The maximum Gasteiger partial charge on any atom is 0.267 e. The summed E-state index contributed by atoms with van der Waals surface area (Å²) in [6, 6.07) is 7.39. The van der Waals surface area contributed by atoms with Crippen LogP contribution < -0.4 is 20.9 Å². The maximum atomic E-state index is 13.7. The number of nitrogens with zero attached hydrogens (tertiary/aromatic N) is 6. The quantitative estimate of drug-likeness (QED) is 0.312. The van der Waals surface area contributed by atoms with Crippen LogP contribution in [0.15, 0.2) is 34.2 Å². The minimum atomic E-state index is -0.103. The van der Waals surface area contributed by atoms with Gasteiger partial charge in [0.15, 0.2) is 5.16 Å². The lowest BCUT2D eigenvalue weighted by Crippen LogP contribution is -2.22. The van der Waals surface area contributed by atoms with Crippen molar-refractivity contribution in [1.29, 1.82) is 0 Å². The van der Waals surface area contributed by atoms with Crippen molar-refractivity contribution >= 4 is 45.2 Å². The van der Waals surface area contributed by atoms with Gasteiger partial charge in [-0.3, -0.25) is 9.36 Å². The van der Waals surface area contributed by atoms with E-state index in [-0.39, 0.29) is 11.5 Å². The standard InChI is InChI=1S/C22H25N7O2S2/c1-6-15-12(2)17-18(33-15)26-22(29(19(17)30)13-8-7-9-14(10-13)31-5)32-11-16-24-20(23)27-21(25-16)28(3)4/h7-10H,6,11H2,1-5H3,(H2,23,24,25,27). The predicted octanol–water partition coefficient (Wildman–Crippen LogP) is 3.45. The number of nitrogen functional groups attached to an aromatic ring is 1. The number of nitrogens with two attached hydrogens (primary N) is 1. The average Bonchev–Trinajstić information content (AvgIpc) is 3.13. The van der Waals surface area contributed by atoms with Crippen LogP contribution in [0.1, 0.15) is 23.2 Å². The van der Waals surface area contributed by atoms with Crippen molar-refractivity contribution in [1.82, 2.24) is 24.5 Å². The summed E-state index contributed by atoms with van der Waals surface area (Å²) in [7, 11) is 5.28. The molecule has 0 amide bonds. The second-order valence-electron chi connectivity index (χ2n) is 7.51. The zero-order chi connectivity index (χ0) is 23.7. The van der Waals surface area contributed by atoms with Gasteiger partial charge in [-0.2, -0.15) is 15.0 Å². The van der Waals surface area contributed by atoms with Crippen molar-refractivity contribution in [2.75, 3.05) is 31.8 Å². The highest BCUT2D eigenvalue weighted by atomic mass is 32.2. The fourth-order valence-corrected chi connectivity index (χ4v) is 5.47. The van der Waals surface area contributed by atoms with E-state index in [2.05, 4.69) is 21.9 Å². The van der Waals surface area contributed by atoms with Crippen molar-refractivity contribution in [2.45, 2.75) is 31.2 Å². The summed E-state index contributed by atoms with van der Waals surface area (Å²) >= 11 is 2.94. The largest absolute Gasteiger partial charge is 0.497 e. The lowest BCUT2D eigenvalue weighted by molar-refractivity contribution is 0.414. The molecule has 0 saturated heterocycles. The van der Waals surface area contributed by atoms with Gasteiger partial charge >= 0.3 is 0 Å². The molecule has 1 aromatic carbocycles. The zero-order valence-electron chi connectivity index (χ0n) is 19.1. The molecule has 0 atom stereocenters. The molecule has 0 radical (unpaired) electrons. The van der Waals surface area contributed by atoms with Crippen LogP contribution in [0.2, 0.25) is 0 Å². The number of fused-ring (bicyclic) bond motifs is 1. The Bertz CT molecular complexity index is 1380. The Balaban J connectivity index is 1.85. The van der Waals surface area contributed by atoms with Gasteiger partial charge in [0.25, 0.3) is 5.56 Å². The van der Waals surface area contributed by atoms with E-state index in [0.717, 1.165) is 21.7 Å². The van der Waals surface area contributed by atoms with Gasteiger partial charge in [-0.15, -0.1) is 11.3 Å². The minimum Gasteiger partial charge on any atom is -0.497 e. The highest BCUT2D eigenvalue weighted by molar-refractivity contribution is 7.98. The highest BCUT2D eigenvalue weighted by Gasteiger charge is 2.20. The summed E-state index contributed by atoms with van der Waals surface area (Å²) < 4.78 is 7.01. The molecule has 0 saturated carbocycles. The average molecular weight is 484 g/mol. The van der Waals surface area contributed by atoms with E-state index in [1.807, 2.05) is 45.3 Å². The molecule has 0 fully saturated rings. The first-order valence-corrected chi connectivity index (χ1v) is 12.1. The van der Waals surface area contributed by atoms with E-state index in [1.54, 1.807) is 27.9 Å². The molecule has 4 rings (SSSR count). The Morgan fingerprint density at radius 3 is 2.70 bits per heavy atom. The molecule has 4 aromatic rings. The van der Waals surface area contributed by atoms with Crippen LogP contribution in [-0.2, 0) is 12.2 Å². The van der Waals surface area contributed by atoms with Crippen molar-refractivity contribution in [3.63, 3.8) is 0 Å². The molecule has 0 aliphatic heterocycles. The number of aromatic nitrogens is 5. The third-order valence-corrected chi connectivity index (χ3v) is 7.35. The van der Waals surface area contributed by atoms with Crippen molar-refractivity contribution in [2.24, 2.45) is 0 Å². The summed E-state index contributed by atoms with van der Waals surface area (Å²) in [5.41, 5.74) is 7.44. The molecule has 11 heteroatoms. The van der Waals surface area contributed by atoms with E-state index in [9.17, 15) is 4.79 Å². The van der Waals surface area contributed by atoms with Crippen LogP contribution in [0.5, 0.6) is 5.75 Å². The first-order chi connectivity index (χ1) is 15.8. The molecule has 3 heterocycles. The van der Waals surface area contributed by atoms with Gasteiger partial charge in [-0.1, -0.05) is 24.8 Å². The Hall–Kier alpha value is -3.18. The van der Waals surface area contributed by atoms with E-state index >= 15 is 0 Å². The number of rotatable bonds is 7. The van der Waals surface area contributed by atoms with Gasteiger partial charge in [-0.25, -0.2) is 4.98 Å². The summed E-state index contributed by atoms with van der Waals surface area (Å²) in [5, 5.41) is 1.21. The van der Waals surface area contributed by atoms with E-state index in [0.29, 0.717) is 39.5 Å². The number of aryl methyl sites for hydroxylation is 2. The number of benzene rings is 1. The van der Waals surface area contributed by atoms with Gasteiger partial charge in [0.05, 0.1) is 23.9 Å². The lowest BCUT2D eigenvalue weighted by Gasteiger charge is -2.14. The lowest BCUT2D eigenvalue weighted by atomic mass is 10.2.